The predicted octanol–water partition coefficient (Wildman–Crippen LogP) is 3.81. The average Bonchev–Trinajstić information content (AvgIpc) is 2.68. The molecule has 1 aromatic carbocycles. The zero-order valence-electron chi connectivity index (χ0n) is 15.8. The smallest absolute Gasteiger partial charge is 0.193 e. The number of aliphatic imine (C=N–C) groups is 1. The van der Waals surface area contributed by atoms with Gasteiger partial charge in [-0.05, 0) is 54.5 Å². The maximum atomic E-state index is 5.99. The lowest BCUT2D eigenvalue weighted by Crippen LogP contribution is -2.33. The number of rotatable bonds is 5. The Morgan fingerprint density at radius 1 is 1.15 bits per heavy atom. The molecule has 1 fully saturated rings. The molecule has 0 saturated carbocycles. The number of aryl methyl sites for hydroxylation is 1. The number of nitrogens with zero attached hydrogens (tertiary/aromatic N) is 3. The van der Waals surface area contributed by atoms with Crippen LogP contribution in [0.15, 0.2) is 47.6 Å². The van der Waals surface area contributed by atoms with Crippen LogP contribution in [0.5, 0.6) is 0 Å². The normalized spacial score (nSPS) is 15.9. The Morgan fingerprint density at radius 2 is 1.85 bits per heavy atom. The van der Waals surface area contributed by atoms with Crippen LogP contribution >= 0.6 is 0 Å². The van der Waals surface area contributed by atoms with Crippen LogP contribution < -0.4 is 16.0 Å². The van der Waals surface area contributed by atoms with E-state index in [0.29, 0.717) is 12.5 Å². The molecule has 3 rings (SSSR count). The number of benzene rings is 1. The van der Waals surface area contributed by atoms with Gasteiger partial charge in [0, 0.05) is 25.0 Å². The molecule has 0 spiro atoms. The van der Waals surface area contributed by atoms with E-state index in [1.54, 1.807) is 0 Å². The highest BCUT2D eigenvalue weighted by Crippen LogP contribution is 2.21. The van der Waals surface area contributed by atoms with Gasteiger partial charge in [0.15, 0.2) is 5.96 Å². The second-order valence-electron chi connectivity index (χ2n) is 7.07. The van der Waals surface area contributed by atoms with Crippen molar-refractivity contribution >= 4 is 17.5 Å². The monoisotopic (exact) mass is 351 g/mol. The van der Waals surface area contributed by atoms with Crippen LogP contribution in [0.25, 0.3) is 0 Å². The van der Waals surface area contributed by atoms with Gasteiger partial charge in [-0.25, -0.2) is 9.98 Å². The maximum Gasteiger partial charge on any atom is 0.193 e. The van der Waals surface area contributed by atoms with E-state index >= 15 is 0 Å². The highest BCUT2D eigenvalue weighted by atomic mass is 15.2. The van der Waals surface area contributed by atoms with Gasteiger partial charge >= 0.3 is 0 Å². The van der Waals surface area contributed by atoms with Gasteiger partial charge in [0.05, 0.1) is 6.54 Å². The topological polar surface area (TPSA) is 66.5 Å². The summed E-state index contributed by atoms with van der Waals surface area (Å²) in [5.74, 6) is 2.31. The summed E-state index contributed by atoms with van der Waals surface area (Å²) in [6.07, 6.45) is 5.42. The number of aromatic nitrogens is 1. The molecule has 0 radical (unpaired) electrons. The number of hydrogen-bond donors (Lipinski definition) is 2. The molecule has 0 aliphatic carbocycles. The van der Waals surface area contributed by atoms with E-state index < -0.39 is 0 Å². The zero-order chi connectivity index (χ0) is 18.4. The van der Waals surface area contributed by atoms with Crippen LogP contribution in [0, 0.1) is 5.92 Å². The van der Waals surface area contributed by atoms with Crippen molar-refractivity contribution in [1.82, 2.24) is 4.98 Å². The number of hydrogen-bond acceptors (Lipinski definition) is 3. The van der Waals surface area contributed by atoms with Gasteiger partial charge in [-0.15, -0.1) is 0 Å². The van der Waals surface area contributed by atoms with Gasteiger partial charge in [0.25, 0.3) is 0 Å². The van der Waals surface area contributed by atoms with E-state index in [4.69, 9.17) is 5.73 Å². The van der Waals surface area contributed by atoms with Gasteiger partial charge in [0.2, 0.25) is 0 Å². The van der Waals surface area contributed by atoms with Crippen molar-refractivity contribution < 1.29 is 0 Å². The second kappa shape index (κ2) is 8.70. The summed E-state index contributed by atoms with van der Waals surface area (Å²) in [6, 6.07) is 12.4. The number of nitrogens with one attached hydrogen (secondary N) is 1. The minimum atomic E-state index is 0.420. The Hall–Kier alpha value is -2.56. The van der Waals surface area contributed by atoms with E-state index in [2.05, 4.69) is 58.3 Å². The van der Waals surface area contributed by atoms with Gasteiger partial charge in [-0.1, -0.05) is 32.0 Å². The van der Waals surface area contributed by atoms with Crippen molar-refractivity contribution in [2.75, 3.05) is 23.3 Å². The Balaban J connectivity index is 1.53. The average molecular weight is 351 g/mol. The third-order valence-corrected chi connectivity index (χ3v) is 4.98. The van der Waals surface area contributed by atoms with Crippen LogP contribution in [0.1, 0.15) is 37.8 Å². The first kappa shape index (κ1) is 18.2. The molecular weight excluding hydrogens is 322 g/mol. The summed E-state index contributed by atoms with van der Waals surface area (Å²) in [4.78, 5) is 11.4. The summed E-state index contributed by atoms with van der Waals surface area (Å²) in [7, 11) is 0. The van der Waals surface area contributed by atoms with Crippen LogP contribution in [0.4, 0.5) is 11.5 Å². The SMILES string of the molecule is CCc1ccc(NC(N)=NCc2ccc(N3CCC(C)CC3)nc2)cc1. The molecule has 3 N–H and O–H groups in total. The van der Waals surface area contributed by atoms with Gasteiger partial charge < -0.3 is 16.0 Å². The highest BCUT2D eigenvalue weighted by molar-refractivity contribution is 5.92. The first-order chi connectivity index (χ1) is 12.6. The molecule has 138 valence electrons. The lowest BCUT2D eigenvalue weighted by molar-refractivity contribution is 0.436. The van der Waals surface area contributed by atoms with Crippen LogP contribution in [-0.2, 0) is 13.0 Å². The first-order valence-corrected chi connectivity index (χ1v) is 9.50. The second-order valence-corrected chi connectivity index (χ2v) is 7.07. The molecule has 0 bridgehead atoms. The molecular formula is C21H29N5. The predicted molar refractivity (Wildman–Crippen MR) is 110 cm³/mol. The zero-order valence-corrected chi connectivity index (χ0v) is 15.8. The van der Waals surface area contributed by atoms with Crippen molar-refractivity contribution in [3.8, 4) is 0 Å². The Bertz CT molecular complexity index is 713. The minimum absolute atomic E-state index is 0.420. The molecule has 1 aromatic heterocycles. The molecule has 1 aliphatic rings. The lowest BCUT2D eigenvalue weighted by atomic mass is 9.99. The van der Waals surface area contributed by atoms with Crippen molar-refractivity contribution in [2.24, 2.45) is 16.6 Å². The van der Waals surface area contributed by atoms with Crippen LogP contribution in [-0.4, -0.2) is 24.0 Å². The molecule has 1 saturated heterocycles. The molecule has 0 amide bonds. The number of guanidine groups is 1. The van der Waals surface area contributed by atoms with Gasteiger partial charge in [0.1, 0.15) is 5.82 Å². The minimum Gasteiger partial charge on any atom is -0.370 e. The Kier molecular flexibility index (Phi) is 6.10. The van der Waals surface area contributed by atoms with Gasteiger partial charge in [-0.3, -0.25) is 0 Å². The van der Waals surface area contributed by atoms with Gasteiger partial charge in [-0.2, -0.15) is 0 Å². The fraction of sp³-hybridized carbons (Fsp3) is 0.429. The molecule has 1 aliphatic heterocycles. The van der Waals surface area contributed by atoms with Crippen molar-refractivity contribution in [3.63, 3.8) is 0 Å². The maximum absolute atomic E-state index is 5.99. The highest BCUT2D eigenvalue weighted by Gasteiger charge is 2.16. The molecule has 26 heavy (non-hydrogen) atoms. The number of anilines is 2. The standard InChI is InChI=1S/C21H29N5/c1-3-17-4-7-19(8-5-17)25-21(22)24-15-18-6-9-20(23-14-18)26-12-10-16(2)11-13-26/h4-9,14,16H,3,10-13,15H2,1-2H3,(H3,22,24,25). The fourth-order valence-corrected chi connectivity index (χ4v) is 3.12. The molecule has 5 nitrogen and oxygen atoms in total. The summed E-state index contributed by atoms with van der Waals surface area (Å²) in [5.41, 5.74) is 9.32. The Morgan fingerprint density at radius 3 is 2.46 bits per heavy atom. The molecule has 0 unspecified atom stereocenters. The first-order valence-electron chi connectivity index (χ1n) is 9.50. The third-order valence-electron chi connectivity index (χ3n) is 4.98. The molecule has 2 aromatic rings. The van der Waals surface area contributed by atoms with E-state index in [1.165, 1.54) is 18.4 Å². The summed E-state index contributed by atoms with van der Waals surface area (Å²) >= 11 is 0. The quantitative estimate of drug-likeness (QED) is 0.635. The Labute approximate surface area is 156 Å². The lowest BCUT2D eigenvalue weighted by Gasteiger charge is -2.31. The third kappa shape index (κ3) is 4.97. The van der Waals surface area contributed by atoms with Crippen molar-refractivity contribution in [3.05, 3.63) is 53.7 Å². The summed E-state index contributed by atoms with van der Waals surface area (Å²) < 4.78 is 0. The summed E-state index contributed by atoms with van der Waals surface area (Å²) in [5, 5.41) is 3.13. The van der Waals surface area contributed by atoms with Crippen LogP contribution in [0.3, 0.4) is 0 Å². The van der Waals surface area contributed by atoms with E-state index in [0.717, 1.165) is 42.5 Å². The number of pyridine rings is 1. The fourth-order valence-electron chi connectivity index (χ4n) is 3.12. The number of nitrogens with two attached hydrogens (primary N) is 1. The molecule has 5 heteroatoms. The van der Waals surface area contributed by atoms with Crippen LogP contribution in [0.2, 0.25) is 0 Å². The molecule has 0 atom stereocenters. The largest absolute Gasteiger partial charge is 0.370 e. The molecule has 2 heterocycles. The summed E-state index contributed by atoms with van der Waals surface area (Å²) in [6.45, 7) is 7.18. The van der Waals surface area contributed by atoms with E-state index in [-0.39, 0.29) is 0 Å². The van der Waals surface area contributed by atoms with E-state index in [1.807, 2.05) is 18.3 Å². The van der Waals surface area contributed by atoms with Crippen molar-refractivity contribution in [2.45, 2.75) is 39.7 Å². The number of piperidine rings is 1. The van der Waals surface area contributed by atoms with E-state index in [9.17, 15) is 0 Å². The van der Waals surface area contributed by atoms with Crippen molar-refractivity contribution in [1.29, 1.82) is 0 Å².